The summed E-state index contributed by atoms with van der Waals surface area (Å²) in [6.07, 6.45) is 77.4. The minimum atomic E-state index is -4.80. The molecule has 0 amide bonds. The van der Waals surface area contributed by atoms with Crippen LogP contribution in [0.1, 0.15) is 239 Å². The Morgan fingerprint density at radius 1 is 0.375 bits per heavy atom. The lowest BCUT2D eigenvalue weighted by Gasteiger charge is -2.21. The van der Waals surface area contributed by atoms with E-state index in [-0.39, 0.29) is 19.3 Å². The number of phosphoric acid groups is 1. The molecule has 0 aromatic carbocycles. The van der Waals surface area contributed by atoms with Crippen LogP contribution in [-0.2, 0) is 42.2 Å². The van der Waals surface area contributed by atoms with Crippen molar-refractivity contribution in [3.63, 3.8) is 0 Å². The molecular formula is C68H111O11P. The number of phosphoric ester groups is 1. The lowest BCUT2D eigenvalue weighted by Crippen LogP contribution is -2.30. The zero-order valence-corrected chi connectivity index (χ0v) is 51.1. The number of aliphatic hydroxyl groups excluding tert-OH is 1. The third-order valence-electron chi connectivity index (χ3n) is 12.6. The van der Waals surface area contributed by atoms with Gasteiger partial charge in [0.2, 0.25) is 0 Å². The average Bonchev–Trinajstić information content (AvgIpc) is 3.45. The Kier molecular flexibility index (Phi) is 57.4. The number of esters is 3. The number of rotatable bonds is 56. The van der Waals surface area contributed by atoms with Gasteiger partial charge in [-0.1, -0.05) is 270 Å². The first-order chi connectivity index (χ1) is 39.2. The fourth-order valence-electron chi connectivity index (χ4n) is 7.99. The van der Waals surface area contributed by atoms with Gasteiger partial charge in [0.15, 0.2) is 6.10 Å². The van der Waals surface area contributed by atoms with E-state index < -0.39 is 64.4 Å². The SMILES string of the molecule is CC/C=C\C/C=C\C/C=C\C/C=C\C/C=C\C/C=C\CCC(=O)OC(COC(=O)C/C=C\C/C=C\C/C=C\C/C=C\C/C=C\CC)COP(=O)(O)OCC(CO)OC(=O)CCCCCCCCCCCCCCCCCCCCC. The van der Waals surface area contributed by atoms with Crippen LogP contribution in [0.25, 0.3) is 0 Å². The largest absolute Gasteiger partial charge is 0.472 e. The zero-order chi connectivity index (χ0) is 58.3. The van der Waals surface area contributed by atoms with Gasteiger partial charge in [-0.3, -0.25) is 23.4 Å². The summed E-state index contributed by atoms with van der Waals surface area (Å²) in [6, 6.07) is 0. The molecule has 0 radical (unpaired) electrons. The molecule has 0 aromatic heterocycles. The summed E-state index contributed by atoms with van der Waals surface area (Å²) in [5.41, 5.74) is 0. The van der Waals surface area contributed by atoms with E-state index in [0.29, 0.717) is 25.7 Å². The molecule has 0 aliphatic rings. The van der Waals surface area contributed by atoms with Gasteiger partial charge in [-0.15, -0.1) is 0 Å². The standard InChI is InChI=1S/C68H111O11P/c1-4-7-10-13-16-19-22-25-28-30-32-34-37-40-43-46-49-52-55-58-67(71)78-64(60-69)62-76-80(73,74)77-63-65(61-75-66(70)57-54-51-48-45-42-39-36-27-24-21-18-15-12-9-6-3)79-68(72)59-56-53-50-47-44-41-38-35-33-31-29-26-23-20-17-14-11-8-5-2/h8-9,11-12,17-18,20-21,26-27,29,33,35-36,41-42,44-45,50-51,53-54,64-65,69H,4-7,10,13-16,19,22-25,28,30-32,34,37-40,43,46-49,52,55-63H2,1-3H3,(H,73,74)/b11-8-,12-9-,20-17-,21-18-,29-26-,35-33-,36-27-,44-41-,45-42-,53-50-,54-51-. The molecule has 0 heterocycles. The molecule has 11 nitrogen and oxygen atoms in total. The van der Waals surface area contributed by atoms with Crippen LogP contribution in [-0.4, -0.2) is 66.5 Å². The van der Waals surface area contributed by atoms with E-state index in [4.69, 9.17) is 23.3 Å². The molecule has 3 atom stereocenters. The highest BCUT2D eigenvalue weighted by molar-refractivity contribution is 7.47. The predicted octanol–water partition coefficient (Wildman–Crippen LogP) is 18.9. The van der Waals surface area contributed by atoms with Crippen LogP contribution < -0.4 is 0 Å². The summed E-state index contributed by atoms with van der Waals surface area (Å²) in [5, 5.41) is 9.85. The number of allylic oxidation sites excluding steroid dienone is 21. The van der Waals surface area contributed by atoms with Gasteiger partial charge in [0.05, 0.1) is 26.2 Å². The monoisotopic (exact) mass is 1130 g/mol. The van der Waals surface area contributed by atoms with E-state index in [1.54, 1.807) is 6.08 Å². The molecule has 0 rings (SSSR count). The molecule has 0 saturated carbocycles. The number of aliphatic hydroxyl groups is 1. The topological polar surface area (TPSA) is 155 Å². The number of ether oxygens (including phenoxy) is 3. The molecule has 0 fully saturated rings. The van der Waals surface area contributed by atoms with Crippen molar-refractivity contribution in [1.82, 2.24) is 0 Å². The first-order valence-electron chi connectivity index (χ1n) is 31.1. The molecule has 12 heteroatoms. The molecule has 2 N–H and O–H groups in total. The zero-order valence-electron chi connectivity index (χ0n) is 50.2. The van der Waals surface area contributed by atoms with Gasteiger partial charge in [-0.25, -0.2) is 4.57 Å². The first-order valence-corrected chi connectivity index (χ1v) is 32.6. The maximum atomic E-state index is 12.9. The molecular weight excluding hydrogens is 1020 g/mol. The fourth-order valence-corrected chi connectivity index (χ4v) is 8.77. The van der Waals surface area contributed by atoms with Crippen molar-refractivity contribution in [1.29, 1.82) is 0 Å². The normalized spacial score (nSPS) is 14.2. The van der Waals surface area contributed by atoms with E-state index in [0.717, 1.165) is 77.0 Å². The van der Waals surface area contributed by atoms with Crippen LogP contribution >= 0.6 is 7.82 Å². The molecule has 80 heavy (non-hydrogen) atoms. The van der Waals surface area contributed by atoms with Crippen molar-refractivity contribution in [2.75, 3.05) is 26.4 Å². The number of carbonyl (C=O) groups is 3. The Bertz CT molecular complexity index is 1850. The highest BCUT2D eigenvalue weighted by atomic mass is 31.2. The summed E-state index contributed by atoms with van der Waals surface area (Å²) >= 11 is 0. The maximum Gasteiger partial charge on any atom is 0.472 e. The smallest absolute Gasteiger partial charge is 0.461 e. The van der Waals surface area contributed by atoms with Gasteiger partial charge >= 0.3 is 25.7 Å². The Balaban J connectivity index is 4.85. The van der Waals surface area contributed by atoms with E-state index in [9.17, 15) is 28.9 Å². The molecule has 0 aromatic rings. The first kappa shape index (κ1) is 75.6. The second-order valence-corrected chi connectivity index (χ2v) is 21.6. The van der Waals surface area contributed by atoms with Crippen molar-refractivity contribution in [3.8, 4) is 0 Å². The summed E-state index contributed by atoms with van der Waals surface area (Å²) in [6.45, 7) is 4.23. The van der Waals surface area contributed by atoms with Crippen molar-refractivity contribution < 1.29 is 52.2 Å². The van der Waals surface area contributed by atoms with Crippen LogP contribution in [0.2, 0.25) is 0 Å². The van der Waals surface area contributed by atoms with Crippen LogP contribution in [0.4, 0.5) is 0 Å². The van der Waals surface area contributed by atoms with Gasteiger partial charge in [0, 0.05) is 12.8 Å². The number of hydrogen-bond acceptors (Lipinski definition) is 10. The quantitative estimate of drug-likeness (QED) is 0.0197. The third-order valence-corrected chi connectivity index (χ3v) is 13.6. The minimum Gasteiger partial charge on any atom is -0.461 e. The summed E-state index contributed by atoms with van der Waals surface area (Å²) in [4.78, 5) is 48.6. The molecule has 0 spiro atoms. The van der Waals surface area contributed by atoms with E-state index in [1.807, 2.05) is 24.3 Å². The van der Waals surface area contributed by atoms with Gasteiger partial charge in [0.25, 0.3) is 0 Å². The van der Waals surface area contributed by atoms with Crippen molar-refractivity contribution in [3.05, 3.63) is 134 Å². The third kappa shape index (κ3) is 58.3. The van der Waals surface area contributed by atoms with Crippen LogP contribution in [0.5, 0.6) is 0 Å². The Labute approximate surface area is 487 Å². The van der Waals surface area contributed by atoms with Gasteiger partial charge in [0.1, 0.15) is 12.7 Å². The Morgan fingerprint density at radius 2 is 0.688 bits per heavy atom. The van der Waals surface area contributed by atoms with E-state index in [1.165, 1.54) is 96.3 Å². The molecule has 0 bridgehead atoms. The molecule has 0 saturated heterocycles. The van der Waals surface area contributed by atoms with E-state index >= 15 is 0 Å². The second-order valence-electron chi connectivity index (χ2n) is 20.1. The number of unbranched alkanes of at least 4 members (excludes halogenated alkanes) is 18. The number of carbonyl (C=O) groups excluding carboxylic acids is 3. The minimum absolute atomic E-state index is 0.0169. The van der Waals surface area contributed by atoms with Crippen molar-refractivity contribution >= 4 is 25.7 Å². The second kappa shape index (κ2) is 60.7. The van der Waals surface area contributed by atoms with E-state index in [2.05, 4.69) is 124 Å². The average molecular weight is 1140 g/mol. The van der Waals surface area contributed by atoms with Crippen molar-refractivity contribution in [2.24, 2.45) is 0 Å². The summed E-state index contributed by atoms with van der Waals surface area (Å²) in [5.74, 6) is -1.73. The highest BCUT2D eigenvalue weighted by Crippen LogP contribution is 2.43. The number of hydrogen-bond donors (Lipinski definition) is 2. The van der Waals surface area contributed by atoms with Gasteiger partial charge in [-0.2, -0.15) is 0 Å². The molecule has 0 aliphatic carbocycles. The highest BCUT2D eigenvalue weighted by Gasteiger charge is 2.28. The predicted molar refractivity (Wildman–Crippen MR) is 334 cm³/mol. The van der Waals surface area contributed by atoms with Gasteiger partial charge in [-0.05, 0) is 83.5 Å². The molecule has 3 unspecified atom stereocenters. The molecule has 454 valence electrons. The van der Waals surface area contributed by atoms with Crippen molar-refractivity contribution in [2.45, 2.75) is 251 Å². The van der Waals surface area contributed by atoms with Crippen LogP contribution in [0.15, 0.2) is 134 Å². The van der Waals surface area contributed by atoms with Crippen LogP contribution in [0, 0.1) is 0 Å². The lowest BCUT2D eigenvalue weighted by molar-refractivity contribution is -0.160. The van der Waals surface area contributed by atoms with Crippen LogP contribution in [0.3, 0.4) is 0 Å². The lowest BCUT2D eigenvalue weighted by atomic mass is 10.0. The summed E-state index contributed by atoms with van der Waals surface area (Å²) in [7, 11) is -4.80. The Morgan fingerprint density at radius 3 is 1.06 bits per heavy atom. The maximum absolute atomic E-state index is 12.9. The Hall–Kier alpha value is -4.38. The fraction of sp³-hybridized carbons (Fsp3) is 0.632. The summed E-state index contributed by atoms with van der Waals surface area (Å²) < 4.78 is 39.4. The van der Waals surface area contributed by atoms with Gasteiger partial charge < -0.3 is 24.2 Å². The molecule has 0 aliphatic heterocycles.